The summed E-state index contributed by atoms with van der Waals surface area (Å²) in [6.45, 7) is 6.99. The molecule has 0 saturated carbocycles. The molecular weight excluding hydrogens is 440 g/mol. The van der Waals surface area contributed by atoms with Crippen LogP contribution in [0.2, 0.25) is 0 Å². The Hall–Kier alpha value is -3.37. The van der Waals surface area contributed by atoms with Crippen molar-refractivity contribution in [3.8, 4) is 11.4 Å². The number of hydrogen-bond donors (Lipinski definition) is 0. The molecule has 3 aromatic heterocycles. The van der Waals surface area contributed by atoms with Crippen LogP contribution < -0.4 is 5.56 Å². The van der Waals surface area contributed by atoms with E-state index in [9.17, 15) is 9.59 Å². The highest BCUT2D eigenvalue weighted by Crippen LogP contribution is 2.28. The first-order valence-electron chi connectivity index (χ1n) is 10.8. The van der Waals surface area contributed by atoms with Crippen LogP contribution in [0.25, 0.3) is 21.6 Å². The van der Waals surface area contributed by atoms with Crippen LogP contribution in [0.3, 0.4) is 0 Å². The Balaban J connectivity index is 1.25. The molecular formula is C23H24N6O3S. The minimum Gasteiger partial charge on any atom is -0.338 e. The molecule has 0 bridgehead atoms. The fourth-order valence-electron chi connectivity index (χ4n) is 4.11. The monoisotopic (exact) mass is 464 g/mol. The molecule has 33 heavy (non-hydrogen) atoms. The predicted molar refractivity (Wildman–Crippen MR) is 125 cm³/mol. The first-order valence-corrected chi connectivity index (χ1v) is 11.6. The highest BCUT2D eigenvalue weighted by atomic mass is 32.1. The summed E-state index contributed by atoms with van der Waals surface area (Å²) >= 11 is 1.29. The zero-order valence-corrected chi connectivity index (χ0v) is 19.6. The van der Waals surface area contributed by atoms with E-state index in [1.165, 1.54) is 22.2 Å². The van der Waals surface area contributed by atoms with E-state index in [1.54, 1.807) is 7.05 Å². The number of aromatic nitrogens is 4. The quantitative estimate of drug-likeness (QED) is 0.458. The number of nitrogens with zero attached hydrogens (tertiary/aromatic N) is 6. The van der Waals surface area contributed by atoms with Gasteiger partial charge in [-0.3, -0.25) is 14.5 Å². The fraction of sp³-hybridized carbons (Fsp3) is 0.348. The molecule has 5 rings (SSSR count). The smallest absolute Gasteiger partial charge is 0.264 e. The summed E-state index contributed by atoms with van der Waals surface area (Å²) in [4.78, 5) is 39.8. The zero-order chi connectivity index (χ0) is 23.1. The zero-order valence-electron chi connectivity index (χ0n) is 18.7. The molecule has 0 spiro atoms. The Morgan fingerprint density at radius 1 is 1.15 bits per heavy atom. The molecule has 1 amide bonds. The molecule has 0 N–H and O–H groups in total. The number of fused-ring (bicyclic) bond motifs is 1. The Morgan fingerprint density at radius 3 is 2.67 bits per heavy atom. The van der Waals surface area contributed by atoms with Gasteiger partial charge in [-0.2, -0.15) is 4.98 Å². The number of piperazine rings is 1. The van der Waals surface area contributed by atoms with Crippen molar-refractivity contribution in [2.45, 2.75) is 20.4 Å². The van der Waals surface area contributed by atoms with Crippen LogP contribution in [0, 0.1) is 13.8 Å². The van der Waals surface area contributed by atoms with Gasteiger partial charge in [0.25, 0.3) is 11.5 Å². The largest absolute Gasteiger partial charge is 0.338 e. The topological polar surface area (TPSA) is 97.4 Å². The number of benzene rings is 1. The van der Waals surface area contributed by atoms with Gasteiger partial charge in [-0.15, -0.1) is 11.3 Å². The summed E-state index contributed by atoms with van der Waals surface area (Å²) in [5, 5.41) is 4.67. The second kappa shape index (κ2) is 8.53. The molecule has 10 heteroatoms. The third kappa shape index (κ3) is 3.96. The summed E-state index contributed by atoms with van der Waals surface area (Å²) in [6, 6.07) is 7.95. The molecule has 9 nitrogen and oxygen atoms in total. The van der Waals surface area contributed by atoms with Crippen molar-refractivity contribution in [2.75, 3.05) is 26.2 Å². The lowest BCUT2D eigenvalue weighted by atomic mass is 10.1. The van der Waals surface area contributed by atoms with Gasteiger partial charge < -0.3 is 14.0 Å². The number of rotatable bonds is 4. The molecule has 0 radical (unpaired) electrons. The fourth-order valence-corrected chi connectivity index (χ4v) is 5.22. The van der Waals surface area contributed by atoms with Crippen molar-refractivity contribution in [3.63, 3.8) is 0 Å². The maximum atomic E-state index is 13.2. The summed E-state index contributed by atoms with van der Waals surface area (Å²) in [7, 11) is 1.67. The van der Waals surface area contributed by atoms with E-state index in [4.69, 9.17) is 4.52 Å². The predicted octanol–water partition coefficient (Wildman–Crippen LogP) is 2.62. The van der Waals surface area contributed by atoms with Crippen molar-refractivity contribution in [1.29, 1.82) is 0 Å². The first kappa shape index (κ1) is 21.5. The van der Waals surface area contributed by atoms with Crippen molar-refractivity contribution in [1.82, 2.24) is 29.5 Å². The number of amides is 1. The van der Waals surface area contributed by atoms with Gasteiger partial charge in [0.2, 0.25) is 11.7 Å². The van der Waals surface area contributed by atoms with E-state index in [0.29, 0.717) is 65.1 Å². The van der Waals surface area contributed by atoms with Crippen LogP contribution in [-0.2, 0) is 13.6 Å². The van der Waals surface area contributed by atoms with Crippen LogP contribution >= 0.6 is 11.3 Å². The first-order chi connectivity index (χ1) is 15.9. The van der Waals surface area contributed by atoms with Crippen LogP contribution in [0.15, 0.2) is 39.9 Å². The lowest BCUT2D eigenvalue weighted by Crippen LogP contribution is -2.48. The molecule has 170 valence electrons. The third-order valence-corrected chi connectivity index (χ3v) is 7.27. The second-order valence-electron chi connectivity index (χ2n) is 8.29. The standard InChI is InChI=1S/C23H24N6O3S/c1-14-6-4-5-7-16(14)20-25-17(32-26-20)12-28-8-10-29(11-9-28)23(31)19-15(2)18-21(33-19)24-13-27(3)22(18)30/h4-7,13H,8-12H2,1-3H3. The highest BCUT2D eigenvalue weighted by Gasteiger charge is 2.27. The third-order valence-electron chi connectivity index (χ3n) is 6.08. The molecule has 4 aromatic rings. The second-order valence-corrected chi connectivity index (χ2v) is 9.29. The van der Waals surface area contributed by atoms with Gasteiger partial charge >= 0.3 is 0 Å². The van der Waals surface area contributed by atoms with Gasteiger partial charge in [0.1, 0.15) is 4.83 Å². The van der Waals surface area contributed by atoms with E-state index < -0.39 is 0 Å². The van der Waals surface area contributed by atoms with E-state index in [1.807, 2.05) is 43.0 Å². The lowest BCUT2D eigenvalue weighted by Gasteiger charge is -2.33. The Kier molecular flexibility index (Phi) is 5.55. The van der Waals surface area contributed by atoms with Crippen molar-refractivity contribution < 1.29 is 9.32 Å². The number of thiophene rings is 1. The van der Waals surface area contributed by atoms with Gasteiger partial charge in [0.05, 0.1) is 23.1 Å². The average Bonchev–Trinajstić information content (AvgIpc) is 3.41. The normalized spacial score (nSPS) is 14.8. The molecule has 1 aromatic carbocycles. The van der Waals surface area contributed by atoms with Crippen molar-refractivity contribution in [2.24, 2.45) is 7.05 Å². The van der Waals surface area contributed by atoms with Gasteiger partial charge in [0.15, 0.2) is 0 Å². The molecule has 4 heterocycles. The molecule has 0 atom stereocenters. The summed E-state index contributed by atoms with van der Waals surface area (Å²) in [5.41, 5.74) is 2.65. The molecule has 1 fully saturated rings. The molecule has 1 aliphatic rings. The molecule has 0 unspecified atom stereocenters. The van der Waals surface area contributed by atoms with Gasteiger partial charge in [0, 0.05) is 38.8 Å². The SMILES string of the molecule is Cc1ccccc1-c1noc(CN2CCN(C(=O)c3sc4ncn(C)c(=O)c4c3C)CC2)n1. The van der Waals surface area contributed by atoms with Crippen LogP contribution in [-0.4, -0.2) is 61.6 Å². The van der Waals surface area contributed by atoms with Crippen LogP contribution in [0.4, 0.5) is 0 Å². The van der Waals surface area contributed by atoms with E-state index in [0.717, 1.165) is 11.1 Å². The number of aryl methyl sites for hydroxylation is 3. The van der Waals surface area contributed by atoms with Crippen LogP contribution in [0.5, 0.6) is 0 Å². The Bertz CT molecular complexity index is 1400. The van der Waals surface area contributed by atoms with Gasteiger partial charge in [-0.25, -0.2) is 4.98 Å². The van der Waals surface area contributed by atoms with Gasteiger partial charge in [-0.1, -0.05) is 29.4 Å². The Morgan fingerprint density at radius 2 is 1.91 bits per heavy atom. The minimum absolute atomic E-state index is 0.0446. The summed E-state index contributed by atoms with van der Waals surface area (Å²) < 4.78 is 6.91. The van der Waals surface area contributed by atoms with E-state index in [-0.39, 0.29) is 11.5 Å². The highest BCUT2D eigenvalue weighted by molar-refractivity contribution is 7.20. The molecule has 1 saturated heterocycles. The molecule has 0 aliphatic carbocycles. The van der Waals surface area contributed by atoms with E-state index in [2.05, 4.69) is 20.0 Å². The maximum Gasteiger partial charge on any atom is 0.264 e. The van der Waals surface area contributed by atoms with Crippen LogP contribution in [0.1, 0.15) is 26.7 Å². The van der Waals surface area contributed by atoms with Crippen molar-refractivity contribution >= 4 is 27.5 Å². The lowest BCUT2D eigenvalue weighted by molar-refractivity contribution is 0.0619. The maximum absolute atomic E-state index is 13.2. The molecule has 1 aliphatic heterocycles. The minimum atomic E-state index is -0.123. The Labute approximate surface area is 194 Å². The van der Waals surface area contributed by atoms with Gasteiger partial charge in [-0.05, 0) is 25.0 Å². The number of carbonyl (C=O) groups excluding carboxylic acids is 1. The number of carbonyl (C=O) groups is 1. The summed E-state index contributed by atoms with van der Waals surface area (Å²) in [5.74, 6) is 1.11. The van der Waals surface area contributed by atoms with Crippen molar-refractivity contribution in [3.05, 3.63) is 62.8 Å². The summed E-state index contributed by atoms with van der Waals surface area (Å²) in [6.07, 6.45) is 1.50. The average molecular weight is 465 g/mol. The number of hydrogen-bond acceptors (Lipinski definition) is 8. The van der Waals surface area contributed by atoms with E-state index >= 15 is 0 Å².